The van der Waals surface area contributed by atoms with Crippen molar-refractivity contribution in [3.63, 3.8) is 0 Å². The third-order valence-corrected chi connectivity index (χ3v) is 14.9. The molecule has 14 rings (SSSR count). The summed E-state index contributed by atoms with van der Waals surface area (Å²) in [6, 6.07) is 99.6. The van der Waals surface area contributed by atoms with Gasteiger partial charge in [-0.25, -0.2) is 0 Å². The quantitative estimate of drug-likeness (QED) is 0.134. The Balaban J connectivity index is 1.02. The molecule has 0 unspecified atom stereocenters. The van der Waals surface area contributed by atoms with Gasteiger partial charge in [-0.2, -0.15) is 0 Å². The Labute approximate surface area is 425 Å². The number of anilines is 8. The Morgan fingerprint density at radius 2 is 0.753 bits per heavy atom. The second-order valence-corrected chi connectivity index (χ2v) is 19.0. The molecule has 0 saturated heterocycles. The molecule has 2 aromatic heterocycles. The third-order valence-electron chi connectivity index (χ3n) is 14.9. The zero-order valence-electron chi connectivity index (χ0n) is 40.3. The van der Waals surface area contributed by atoms with Crippen molar-refractivity contribution >= 4 is 112 Å². The summed E-state index contributed by atoms with van der Waals surface area (Å²) >= 11 is 0. The molecule has 0 spiro atoms. The van der Waals surface area contributed by atoms with Gasteiger partial charge in [0.15, 0.2) is 0 Å². The molecule has 0 aliphatic carbocycles. The van der Waals surface area contributed by atoms with Crippen molar-refractivity contribution in [1.82, 2.24) is 9.13 Å². The molecule has 5 nitrogen and oxygen atoms in total. The molecule has 0 N–H and O–H groups in total. The first-order valence-corrected chi connectivity index (χ1v) is 25.1. The highest BCUT2D eigenvalue weighted by Gasteiger charge is 2.39. The smallest absolute Gasteiger partial charge is 0.249 e. The summed E-state index contributed by atoms with van der Waals surface area (Å²) in [6.07, 6.45) is 0. The van der Waals surface area contributed by atoms with Crippen molar-refractivity contribution in [2.24, 2.45) is 0 Å². The van der Waals surface area contributed by atoms with E-state index in [-0.39, 0.29) is 6.71 Å². The normalized spacial score (nSPS) is 12.1. The highest BCUT2D eigenvalue weighted by molar-refractivity contribution is 6.99. The zero-order chi connectivity index (χ0) is 48.4. The fraction of sp³-hybridized carbons (Fsp3) is 0.0149. The molecule has 1 aliphatic rings. The summed E-state index contributed by atoms with van der Waals surface area (Å²) < 4.78 is 4.79. The molecular weight excluding hydrogens is 886 g/mol. The van der Waals surface area contributed by atoms with E-state index in [0.29, 0.717) is 0 Å². The van der Waals surface area contributed by atoms with Crippen LogP contribution in [0.15, 0.2) is 273 Å². The molecule has 0 saturated carbocycles. The highest BCUT2D eigenvalue weighted by atomic mass is 15.2. The van der Waals surface area contributed by atoms with Crippen LogP contribution in [-0.4, -0.2) is 22.9 Å². The number of aromatic nitrogens is 2. The van der Waals surface area contributed by atoms with Crippen molar-refractivity contribution in [3.05, 3.63) is 273 Å². The van der Waals surface area contributed by atoms with Crippen LogP contribution in [0.2, 0.25) is 0 Å². The summed E-state index contributed by atoms with van der Waals surface area (Å²) in [7, 11) is 2.22. The standard InChI is InChI=1S/C67H48BN5/c1-69(48-23-7-3-8-24-48)65-45-54(46-66-67(65)68(47-21-5-2-6-22-47)59-31-15-20-36-64(59)73(66)49-25-9-4-10-26-49)70(50-37-41-52(42-38-50)71-60-32-16-11-27-55(60)56-28-12-17-33-61(56)71)51-39-43-53(44-40-51)72-62-34-18-13-29-57(62)58-30-14-19-35-63(58)72/h2-46H,1H3. The van der Waals surface area contributed by atoms with Crippen molar-refractivity contribution in [2.45, 2.75) is 0 Å². The molecule has 1 aliphatic heterocycles. The van der Waals surface area contributed by atoms with Gasteiger partial charge in [0.05, 0.1) is 27.8 Å². The summed E-state index contributed by atoms with van der Waals surface area (Å²) in [4.78, 5) is 7.30. The molecule has 11 aromatic carbocycles. The summed E-state index contributed by atoms with van der Waals surface area (Å²) in [5, 5.41) is 4.98. The Morgan fingerprint density at radius 1 is 0.329 bits per heavy atom. The van der Waals surface area contributed by atoms with E-state index >= 15 is 0 Å². The van der Waals surface area contributed by atoms with Gasteiger partial charge < -0.3 is 23.8 Å². The van der Waals surface area contributed by atoms with Crippen LogP contribution in [0.25, 0.3) is 55.0 Å². The molecule has 0 radical (unpaired) electrons. The Bertz CT molecular complexity index is 3900. The predicted molar refractivity (Wildman–Crippen MR) is 310 cm³/mol. The third kappa shape index (κ3) is 6.94. The summed E-state index contributed by atoms with van der Waals surface area (Å²) in [5.74, 6) is 0. The lowest BCUT2D eigenvalue weighted by molar-refractivity contribution is 1.16. The lowest BCUT2D eigenvalue weighted by Crippen LogP contribution is -2.58. The second kappa shape index (κ2) is 17.4. The highest BCUT2D eigenvalue weighted by Crippen LogP contribution is 2.45. The van der Waals surface area contributed by atoms with Gasteiger partial charge in [0.2, 0.25) is 6.71 Å². The molecule has 0 bridgehead atoms. The fourth-order valence-corrected chi connectivity index (χ4v) is 11.7. The molecule has 0 amide bonds. The fourth-order valence-electron chi connectivity index (χ4n) is 11.7. The largest absolute Gasteiger partial charge is 0.345 e. The minimum Gasteiger partial charge on any atom is -0.345 e. The van der Waals surface area contributed by atoms with Gasteiger partial charge in [-0.1, -0.05) is 163 Å². The van der Waals surface area contributed by atoms with Gasteiger partial charge >= 0.3 is 0 Å². The van der Waals surface area contributed by atoms with E-state index in [0.717, 1.165) is 56.9 Å². The average molecular weight is 934 g/mol. The molecule has 13 aromatic rings. The first-order valence-electron chi connectivity index (χ1n) is 25.1. The van der Waals surface area contributed by atoms with Gasteiger partial charge in [-0.05, 0) is 126 Å². The first-order chi connectivity index (χ1) is 36.2. The zero-order valence-corrected chi connectivity index (χ0v) is 40.3. The molecule has 0 atom stereocenters. The van der Waals surface area contributed by atoms with Crippen LogP contribution in [0.5, 0.6) is 0 Å². The SMILES string of the molecule is CN(c1ccccc1)c1cc(N(c2ccc(-n3c4ccccc4c4ccccc43)cc2)c2ccc(-n3c4ccccc4c4ccccc43)cc2)cc2c1B(c1ccccc1)c1ccccc1N2c1ccccc1. The van der Waals surface area contributed by atoms with E-state index in [2.05, 4.69) is 304 Å². The van der Waals surface area contributed by atoms with E-state index in [1.807, 2.05) is 0 Å². The molecule has 73 heavy (non-hydrogen) atoms. The number of rotatable bonds is 9. The maximum Gasteiger partial charge on any atom is 0.249 e. The van der Waals surface area contributed by atoms with Gasteiger partial charge in [-0.15, -0.1) is 0 Å². The van der Waals surface area contributed by atoms with Gasteiger partial charge in [0.1, 0.15) is 0 Å². The molecule has 3 heterocycles. The van der Waals surface area contributed by atoms with E-state index in [4.69, 9.17) is 0 Å². The second-order valence-electron chi connectivity index (χ2n) is 19.0. The summed E-state index contributed by atoms with van der Waals surface area (Å²) in [5.41, 5.74) is 19.5. The number of nitrogens with zero attached hydrogens (tertiary/aromatic N) is 5. The van der Waals surface area contributed by atoms with Crippen LogP contribution in [0, 0.1) is 0 Å². The Morgan fingerprint density at radius 3 is 1.26 bits per heavy atom. The van der Waals surface area contributed by atoms with E-state index in [1.165, 1.54) is 60.0 Å². The molecule has 6 heteroatoms. The minimum absolute atomic E-state index is 0.0491. The number of fused-ring (bicyclic) bond motifs is 8. The molecular formula is C67H48BN5. The Kier molecular flexibility index (Phi) is 10.1. The van der Waals surface area contributed by atoms with Crippen molar-refractivity contribution in [1.29, 1.82) is 0 Å². The molecule has 344 valence electrons. The van der Waals surface area contributed by atoms with Crippen LogP contribution in [-0.2, 0) is 0 Å². The first kappa shape index (κ1) is 42.4. The number of benzene rings is 11. The van der Waals surface area contributed by atoms with Crippen molar-refractivity contribution in [3.8, 4) is 11.4 Å². The average Bonchev–Trinajstić information content (AvgIpc) is 3.98. The lowest BCUT2D eigenvalue weighted by Gasteiger charge is -2.40. The van der Waals surface area contributed by atoms with Gasteiger partial charge in [0, 0.05) is 79.8 Å². The minimum atomic E-state index is -0.0491. The molecule has 0 fully saturated rings. The van der Waals surface area contributed by atoms with E-state index in [9.17, 15) is 0 Å². The van der Waals surface area contributed by atoms with Gasteiger partial charge in [-0.3, -0.25) is 0 Å². The Hall–Kier alpha value is -9.52. The van der Waals surface area contributed by atoms with Crippen LogP contribution < -0.4 is 31.1 Å². The topological polar surface area (TPSA) is 19.6 Å². The van der Waals surface area contributed by atoms with E-state index < -0.39 is 0 Å². The number of para-hydroxylation sites is 7. The van der Waals surface area contributed by atoms with Crippen molar-refractivity contribution in [2.75, 3.05) is 21.7 Å². The number of hydrogen-bond acceptors (Lipinski definition) is 3. The van der Waals surface area contributed by atoms with Crippen LogP contribution in [0.3, 0.4) is 0 Å². The van der Waals surface area contributed by atoms with Gasteiger partial charge in [0.25, 0.3) is 0 Å². The van der Waals surface area contributed by atoms with E-state index in [1.54, 1.807) is 0 Å². The van der Waals surface area contributed by atoms with Crippen LogP contribution in [0.1, 0.15) is 0 Å². The summed E-state index contributed by atoms with van der Waals surface area (Å²) in [6.45, 7) is -0.0491. The lowest BCUT2D eigenvalue weighted by atomic mass is 9.34. The predicted octanol–water partition coefficient (Wildman–Crippen LogP) is 15.4. The number of hydrogen-bond donors (Lipinski definition) is 0. The maximum absolute atomic E-state index is 2.48. The monoisotopic (exact) mass is 933 g/mol. The van der Waals surface area contributed by atoms with Crippen LogP contribution >= 0.6 is 0 Å². The van der Waals surface area contributed by atoms with Crippen molar-refractivity contribution < 1.29 is 0 Å². The maximum atomic E-state index is 2.48. The van der Waals surface area contributed by atoms with Crippen LogP contribution in [0.4, 0.5) is 45.5 Å².